The summed E-state index contributed by atoms with van der Waals surface area (Å²) in [7, 11) is 1.74. The Hall–Kier alpha value is -3.26. The number of hydrogen-bond donors (Lipinski definition) is 2. The Bertz CT molecular complexity index is 989. The van der Waals surface area contributed by atoms with Crippen molar-refractivity contribution in [1.29, 1.82) is 0 Å². The van der Waals surface area contributed by atoms with Crippen molar-refractivity contribution in [3.05, 3.63) is 42.0 Å². The summed E-state index contributed by atoms with van der Waals surface area (Å²) >= 11 is 0. The van der Waals surface area contributed by atoms with Crippen LogP contribution >= 0.6 is 0 Å². The monoisotopic (exact) mass is 468 g/mol. The Morgan fingerprint density at radius 3 is 2.21 bits per heavy atom. The number of nitrogens with one attached hydrogen (secondary N) is 2. The van der Waals surface area contributed by atoms with Crippen molar-refractivity contribution in [2.45, 2.75) is 33.6 Å². The summed E-state index contributed by atoms with van der Waals surface area (Å²) < 4.78 is 11.2. The van der Waals surface area contributed by atoms with Crippen LogP contribution in [0.15, 0.2) is 36.4 Å². The first-order valence-corrected chi connectivity index (χ1v) is 11.9. The molecule has 34 heavy (non-hydrogen) atoms. The molecular formula is C26H36N4O4. The highest BCUT2D eigenvalue weighted by Crippen LogP contribution is 2.30. The molecule has 0 unspecified atom stereocenters. The second-order valence-corrected chi connectivity index (χ2v) is 8.49. The lowest BCUT2D eigenvalue weighted by atomic mass is 10.1. The fraction of sp³-hybridized carbons (Fsp3) is 0.462. The van der Waals surface area contributed by atoms with E-state index in [4.69, 9.17) is 9.47 Å². The Morgan fingerprint density at radius 2 is 1.56 bits per heavy atom. The van der Waals surface area contributed by atoms with Crippen molar-refractivity contribution in [2.24, 2.45) is 0 Å². The lowest BCUT2D eigenvalue weighted by molar-refractivity contribution is -0.119. The molecule has 0 spiro atoms. The second-order valence-electron chi connectivity index (χ2n) is 8.49. The van der Waals surface area contributed by atoms with Crippen LogP contribution in [-0.2, 0) is 9.59 Å². The predicted octanol–water partition coefficient (Wildman–Crippen LogP) is 3.90. The molecule has 2 amide bonds. The predicted molar refractivity (Wildman–Crippen MR) is 136 cm³/mol. The van der Waals surface area contributed by atoms with Crippen LogP contribution in [0.2, 0.25) is 0 Å². The van der Waals surface area contributed by atoms with Crippen LogP contribution in [0.5, 0.6) is 11.5 Å². The van der Waals surface area contributed by atoms with Gasteiger partial charge in [0.1, 0.15) is 0 Å². The van der Waals surface area contributed by atoms with Crippen LogP contribution < -0.4 is 25.0 Å². The maximum absolute atomic E-state index is 12.5. The number of anilines is 3. The molecule has 2 aromatic carbocycles. The standard InChI is InChI=1S/C26H36N4O4/c1-5-33-23-12-9-20(16-24(23)34-6-2)27-25(31)17-29(4)18-26(32)28-22-11-10-21(15-19(22)3)30-13-7-8-14-30/h9-12,15-16H,5-8,13-14,17-18H2,1-4H3,(H,27,31)(H,28,32). The van der Waals surface area contributed by atoms with Crippen LogP contribution in [0.3, 0.4) is 0 Å². The van der Waals surface area contributed by atoms with Crippen molar-refractivity contribution >= 4 is 28.9 Å². The van der Waals surface area contributed by atoms with Gasteiger partial charge >= 0.3 is 0 Å². The molecule has 2 N–H and O–H groups in total. The van der Waals surface area contributed by atoms with Crippen molar-refractivity contribution < 1.29 is 19.1 Å². The van der Waals surface area contributed by atoms with Gasteiger partial charge in [0.05, 0.1) is 26.3 Å². The minimum atomic E-state index is -0.215. The zero-order valence-corrected chi connectivity index (χ0v) is 20.6. The molecule has 1 fully saturated rings. The summed E-state index contributed by atoms with van der Waals surface area (Å²) in [6.45, 7) is 9.18. The highest BCUT2D eigenvalue weighted by molar-refractivity contribution is 5.95. The molecule has 1 saturated heterocycles. The van der Waals surface area contributed by atoms with Crippen LogP contribution in [0.4, 0.5) is 17.1 Å². The summed E-state index contributed by atoms with van der Waals surface area (Å²) in [6, 6.07) is 11.4. The average molecular weight is 469 g/mol. The van der Waals surface area contributed by atoms with E-state index in [-0.39, 0.29) is 24.9 Å². The summed E-state index contributed by atoms with van der Waals surface area (Å²) in [5, 5.41) is 5.81. The number of aryl methyl sites for hydroxylation is 1. The van der Waals surface area contributed by atoms with Gasteiger partial charge in [-0.05, 0) is 76.6 Å². The Labute approximate surface area is 202 Å². The summed E-state index contributed by atoms with van der Waals surface area (Å²) in [5.74, 6) is 0.848. The quantitative estimate of drug-likeness (QED) is 0.520. The van der Waals surface area contributed by atoms with Crippen molar-refractivity contribution in [3.8, 4) is 11.5 Å². The highest BCUT2D eigenvalue weighted by Gasteiger charge is 2.16. The van der Waals surface area contributed by atoms with Gasteiger partial charge in [0, 0.05) is 36.2 Å². The van der Waals surface area contributed by atoms with Gasteiger partial charge in [-0.3, -0.25) is 14.5 Å². The zero-order chi connectivity index (χ0) is 24.5. The van der Waals surface area contributed by atoms with Gasteiger partial charge in [-0.15, -0.1) is 0 Å². The SMILES string of the molecule is CCOc1ccc(NC(=O)CN(C)CC(=O)Nc2ccc(N3CCCC3)cc2C)cc1OCC. The summed E-state index contributed by atoms with van der Waals surface area (Å²) in [5.41, 5.74) is 3.63. The van der Waals surface area contributed by atoms with E-state index in [0.29, 0.717) is 30.4 Å². The fourth-order valence-corrected chi connectivity index (χ4v) is 4.03. The maximum Gasteiger partial charge on any atom is 0.238 e. The lowest BCUT2D eigenvalue weighted by Crippen LogP contribution is -2.36. The van der Waals surface area contributed by atoms with E-state index in [1.54, 1.807) is 30.1 Å². The van der Waals surface area contributed by atoms with Crippen LogP contribution in [-0.4, -0.2) is 63.2 Å². The number of rotatable bonds is 11. The summed E-state index contributed by atoms with van der Waals surface area (Å²) in [6.07, 6.45) is 2.45. The second kappa shape index (κ2) is 12.3. The number of carbonyl (C=O) groups is 2. The molecule has 0 saturated carbocycles. The molecule has 8 nitrogen and oxygen atoms in total. The third kappa shape index (κ3) is 7.12. The molecule has 8 heteroatoms. The van der Waals surface area contributed by atoms with Gasteiger partial charge in [0.15, 0.2) is 11.5 Å². The van der Waals surface area contributed by atoms with Gasteiger partial charge in [-0.1, -0.05) is 0 Å². The number of ether oxygens (including phenoxy) is 2. The zero-order valence-electron chi connectivity index (χ0n) is 20.6. The molecule has 1 aliphatic rings. The normalized spacial score (nSPS) is 13.1. The molecule has 0 aromatic heterocycles. The van der Waals surface area contributed by atoms with Gasteiger partial charge < -0.3 is 25.0 Å². The van der Waals surface area contributed by atoms with Gasteiger partial charge in [-0.2, -0.15) is 0 Å². The van der Waals surface area contributed by atoms with Gasteiger partial charge in [0.2, 0.25) is 11.8 Å². The number of nitrogens with zero attached hydrogens (tertiary/aromatic N) is 2. The van der Waals surface area contributed by atoms with E-state index in [2.05, 4.69) is 27.7 Å². The Balaban J connectivity index is 1.50. The average Bonchev–Trinajstić information content (AvgIpc) is 3.32. The van der Waals surface area contributed by atoms with E-state index in [0.717, 1.165) is 24.3 Å². The smallest absolute Gasteiger partial charge is 0.238 e. The molecule has 1 heterocycles. The molecule has 184 valence electrons. The fourth-order valence-electron chi connectivity index (χ4n) is 4.03. The topological polar surface area (TPSA) is 83.1 Å². The Morgan fingerprint density at radius 1 is 0.912 bits per heavy atom. The third-order valence-corrected chi connectivity index (χ3v) is 5.61. The van der Waals surface area contributed by atoms with E-state index >= 15 is 0 Å². The number of benzene rings is 2. The highest BCUT2D eigenvalue weighted by atomic mass is 16.5. The lowest BCUT2D eigenvalue weighted by Gasteiger charge is -2.20. The molecule has 2 aromatic rings. The number of carbonyl (C=O) groups excluding carboxylic acids is 2. The molecule has 0 atom stereocenters. The first kappa shape index (κ1) is 25.4. The maximum atomic E-state index is 12.5. The summed E-state index contributed by atoms with van der Waals surface area (Å²) in [4.78, 5) is 29.1. The van der Waals surface area contributed by atoms with Crippen molar-refractivity contribution in [1.82, 2.24) is 4.90 Å². The van der Waals surface area contributed by atoms with Gasteiger partial charge in [0.25, 0.3) is 0 Å². The number of hydrogen-bond acceptors (Lipinski definition) is 6. The minimum Gasteiger partial charge on any atom is -0.490 e. The first-order valence-electron chi connectivity index (χ1n) is 11.9. The van der Waals surface area contributed by atoms with E-state index < -0.39 is 0 Å². The molecule has 0 radical (unpaired) electrons. The minimum absolute atomic E-state index is 0.0808. The van der Waals surface area contributed by atoms with Crippen LogP contribution in [0, 0.1) is 6.92 Å². The molecular weight excluding hydrogens is 432 g/mol. The van der Waals surface area contributed by atoms with Crippen LogP contribution in [0.1, 0.15) is 32.3 Å². The number of likely N-dealkylation sites (N-methyl/N-ethyl adjacent to an activating group) is 1. The number of amides is 2. The van der Waals surface area contributed by atoms with Gasteiger partial charge in [-0.25, -0.2) is 0 Å². The van der Waals surface area contributed by atoms with E-state index in [1.807, 2.05) is 26.8 Å². The van der Waals surface area contributed by atoms with E-state index in [1.165, 1.54) is 18.5 Å². The molecule has 1 aliphatic heterocycles. The Kier molecular flexibility index (Phi) is 9.16. The van der Waals surface area contributed by atoms with E-state index in [9.17, 15) is 9.59 Å². The van der Waals surface area contributed by atoms with Crippen LogP contribution in [0.25, 0.3) is 0 Å². The molecule has 0 aliphatic carbocycles. The van der Waals surface area contributed by atoms with Crippen molar-refractivity contribution in [3.63, 3.8) is 0 Å². The third-order valence-electron chi connectivity index (χ3n) is 5.61. The molecule has 3 rings (SSSR count). The van der Waals surface area contributed by atoms with Crippen molar-refractivity contribution in [2.75, 3.05) is 62.0 Å². The molecule has 0 bridgehead atoms. The first-order chi connectivity index (χ1) is 16.4. The largest absolute Gasteiger partial charge is 0.490 e.